The van der Waals surface area contributed by atoms with E-state index in [1.165, 1.54) is 4.90 Å². The Kier molecular flexibility index (Phi) is 7.41. The fourth-order valence-corrected chi connectivity index (χ4v) is 5.52. The highest BCUT2D eigenvalue weighted by atomic mass is 79.9. The largest absolute Gasteiger partial charge is 0.309 e. The monoisotopic (exact) mass is 637 g/mol. The molecule has 1 aliphatic heterocycles. The molecule has 1 N–H and O–H groups in total. The van der Waals surface area contributed by atoms with Crippen LogP contribution in [0.4, 0.5) is 5.69 Å². The van der Waals surface area contributed by atoms with Gasteiger partial charge in [-0.05, 0) is 84.0 Å². The Morgan fingerprint density at radius 1 is 0.756 bits per heavy atom. The van der Waals surface area contributed by atoms with Crippen molar-refractivity contribution in [2.45, 2.75) is 0 Å². The Morgan fingerprint density at radius 2 is 1.34 bits per heavy atom. The standard InChI is InChI=1S/C33H21BrClN3O2S/c34-24-11-15-27(16-12-24)38-32(40)28(31(39)36-33(38)41)19-23-20-29(21-7-3-1-4-8-21)37(26-17-13-25(35)14-18-26)30(23)22-9-5-2-6-10-22/h1-20H,(H,36,39,41)/b28-19+. The summed E-state index contributed by atoms with van der Waals surface area (Å²) in [6, 6.07) is 36.6. The Morgan fingerprint density at radius 3 is 1.98 bits per heavy atom. The molecule has 2 heterocycles. The minimum atomic E-state index is -0.548. The van der Waals surface area contributed by atoms with Crippen molar-refractivity contribution in [1.82, 2.24) is 9.88 Å². The van der Waals surface area contributed by atoms with E-state index in [1.807, 2.05) is 103 Å². The van der Waals surface area contributed by atoms with Crippen molar-refractivity contribution in [3.8, 4) is 28.2 Å². The number of nitrogens with zero attached hydrogens (tertiary/aromatic N) is 2. The second kappa shape index (κ2) is 11.3. The molecule has 1 aromatic heterocycles. The number of anilines is 1. The summed E-state index contributed by atoms with van der Waals surface area (Å²) in [5.41, 5.74) is 5.72. The fourth-order valence-electron chi connectivity index (χ4n) is 4.85. The van der Waals surface area contributed by atoms with Crippen molar-refractivity contribution in [2.24, 2.45) is 0 Å². The number of hydrogen-bond acceptors (Lipinski definition) is 3. The van der Waals surface area contributed by atoms with Crippen molar-refractivity contribution in [1.29, 1.82) is 0 Å². The van der Waals surface area contributed by atoms with E-state index in [0.29, 0.717) is 16.3 Å². The number of aromatic nitrogens is 1. The number of amides is 2. The van der Waals surface area contributed by atoms with E-state index < -0.39 is 11.8 Å². The molecule has 8 heteroatoms. The lowest BCUT2D eigenvalue weighted by atomic mass is 10.0. The molecule has 0 radical (unpaired) electrons. The average Bonchev–Trinajstić information content (AvgIpc) is 3.36. The predicted molar refractivity (Wildman–Crippen MR) is 172 cm³/mol. The van der Waals surface area contributed by atoms with Gasteiger partial charge in [0.15, 0.2) is 5.11 Å². The van der Waals surface area contributed by atoms with Crippen molar-refractivity contribution < 1.29 is 9.59 Å². The van der Waals surface area contributed by atoms with Gasteiger partial charge in [-0.3, -0.25) is 19.8 Å². The van der Waals surface area contributed by atoms with Crippen LogP contribution < -0.4 is 10.2 Å². The maximum atomic E-state index is 13.8. The second-order valence-electron chi connectivity index (χ2n) is 9.31. The summed E-state index contributed by atoms with van der Waals surface area (Å²) in [6.07, 6.45) is 1.65. The van der Waals surface area contributed by atoms with E-state index in [9.17, 15) is 9.59 Å². The molecule has 0 atom stereocenters. The van der Waals surface area contributed by atoms with Crippen LogP contribution in [0, 0.1) is 0 Å². The van der Waals surface area contributed by atoms with Crippen molar-refractivity contribution >= 4 is 68.4 Å². The number of carbonyl (C=O) groups is 2. The Labute approximate surface area is 255 Å². The zero-order valence-corrected chi connectivity index (χ0v) is 24.6. The lowest BCUT2D eigenvalue weighted by Crippen LogP contribution is -2.54. The molecule has 200 valence electrons. The van der Waals surface area contributed by atoms with Crippen LogP contribution in [0.1, 0.15) is 5.56 Å². The zero-order chi connectivity index (χ0) is 28.5. The van der Waals surface area contributed by atoms with Gasteiger partial charge < -0.3 is 4.57 Å². The number of hydrogen-bond donors (Lipinski definition) is 1. The first-order valence-corrected chi connectivity index (χ1v) is 14.3. The molecule has 0 unspecified atom stereocenters. The Bertz CT molecular complexity index is 1820. The molecular formula is C33H21BrClN3O2S. The van der Waals surface area contributed by atoms with Gasteiger partial charge in [-0.25, -0.2) is 0 Å². The summed E-state index contributed by atoms with van der Waals surface area (Å²) in [6.45, 7) is 0. The maximum Gasteiger partial charge on any atom is 0.270 e. The van der Waals surface area contributed by atoms with Gasteiger partial charge >= 0.3 is 0 Å². The molecule has 1 saturated heterocycles. The van der Waals surface area contributed by atoms with E-state index in [4.69, 9.17) is 23.8 Å². The smallest absolute Gasteiger partial charge is 0.270 e. The summed E-state index contributed by atoms with van der Waals surface area (Å²) in [5, 5.41) is 3.35. The van der Waals surface area contributed by atoms with Crippen LogP contribution in [0.25, 0.3) is 34.3 Å². The molecule has 2 amide bonds. The number of nitrogens with one attached hydrogen (secondary N) is 1. The van der Waals surface area contributed by atoms with Crippen LogP contribution in [-0.2, 0) is 9.59 Å². The molecule has 5 nitrogen and oxygen atoms in total. The van der Waals surface area contributed by atoms with E-state index in [0.717, 1.165) is 32.7 Å². The summed E-state index contributed by atoms with van der Waals surface area (Å²) >= 11 is 15.1. The molecule has 0 spiro atoms. The minimum Gasteiger partial charge on any atom is -0.309 e. The third-order valence-corrected chi connectivity index (χ3v) is 7.78. The van der Waals surface area contributed by atoms with Gasteiger partial charge in [0.05, 0.1) is 17.1 Å². The molecule has 0 aliphatic carbocycles. The van der Waals surface area contributed by atoms with Crippen molar-refractivity contribution in [3.63, 3.8) is 0 Å². The van der Waals surface area contributed by atoms with E-state index in [2.05, 4.69) is 25.8 Å². The lowest BCUT2D eigenvalue weighted by molar-refractivity contribution is -0.122. The lowest BCUT2D eigenvalue weighted by Gasteiger charge is -2.29. The summed E-state index contributed by atoms with van der Waals surface area (Å²) < 4.78 is 2.98. The van der Waals surface area contributed by atoms with Crippen molar-refractivity contribution in [2.75, 3.05) is 4.90 Å². The van der Waals surface area contributed by atoms with Gasteiger partial charge in [-0.15, -0.1) is 0 Å². The molecule has 4 aromatic carbocycles. The fraction of sp³-hybridized carbons (Fsp3) is 0. The molecule has 0 bridgehead atoms. The van der Waals surface area contributed by atoms with Gasteiger partial charge in [0, 0.05) is 20.7 Å². The highest BCUT2D eigenvalue weighted by Gasteiger charge is 2.35. The van der Waals surface area contributed by atoms with Crippen LogP contribution in [0.15, 0.2) is 125 Å². The quantitative estimate of drug-likeness (QED) is 0.120. The van der Waals surface area contributed by atoms with Crippen LogP contribution in [0.5, 0.6) is 0 Å². The van der Waals surface area contributed by atoms with Gasteiger partial charge in [-0.1, -0.05) is 88.2 Å². The molecule has 6 rings (SSSR count). The van der Waals surface area contributed by atoms with Gasteiger partial charge in [0.25, 0.3) is 11.8 Å². The van der Waals surface area contributed by atoms with E-state index in [-0.39, 0.29) is 10.7 Å². The first-order valence-electron chi connectivity index (χ1n) is 12.7. The molecule has 5 aromatic rings. The third kappa shape index (κ3) is 5.27. The molecule has 1 fully saturated rings. The molecule has 0 saturated carbocycles. The second-order valence-corrected chi connectivity index (χ2v) is 11.1. The van der Waals surface area contributed by atoms with Crippen LogP contribution in [-0.4, -0.2) is 21.5 Å². The average molecular weight is 639 g/mol. The van der Waals surface area contributed by atoms with E-state index in [1.54, 1.807) is 18.2 Å². The predicted octanol–water partition coefficient (Wildman–Crippen LogP) is 8.06. The van der Waals surface area contributed by atoms with Gasteiger partial charge in [-0.2, -0.15) is 0 Å². The zero-order valence-electron chi connectivity index (χ0n) is 21.4. The normalized spacial score (nSPS) is 14.4. The molecule has 1 aliphatic rings. The molecular weight excluding hydrogens is 618 g/mol. The van der Waals surface area contributed by atoms with Crippen LogP contribution in [0.2, 0.25) is 5.02 Å². The SMILES string of the molecule is O=C1NC(=S)N(c2ccc(Br)cc2)C(=O)/C1=C/c1cc(-c2ccccc2)n(-c2ccc(Cl)cc2)c1-c1ccccc1. The number of rotatable bonds is 5. The Hall–Kier alpha value is -4.30. The number of benzene rings is 4. The number of halogens is 2. The minimum absolute atomic E-state index is 0.0217. The summed E-state index contributed by atoms with van der Waals surface area (Å²) in [7, 11) is 0. The van der Waals surface area contributed by atoms with Crippen LogP contribution >= 0.6 is 39.7 Å². The highest BCUT2D eigenvalue weighted by Crippen LogP contribution is 2.38. The molecule has 41 heavy (non-hydrogen) atoms. The number of thiocarbonyl (C=S) groups is 1. The van der Waals surface area contributed by atoms with E-state index >= 15 is 0 Å². The topological polar surface area (TPSA) is 54.3 Å². The van der Waals surface area contributed by atoms with Gasteiger partial charge in [0.1, 0.15) is 5.57 Å². The summed E-state index contributed by atoms with van der Waals surface area (Å²) in [5.74, 6) is -1.05. The summed E-state index contributed by atoms with van der Waals surface area (Å²) in [4.78, 5) is 28.4. The third-order valence-electron chi connectivity index (χ3n) is 6.72. The van der Waals surface area contributed by atoms with Gasteiger partial charge in [0.2, 0.25) is 0 Å². The first kappa shape index (κ1) is 26.9. The van der Waals surface area contributed by atoms with Crippen LogP contribution in [0.3, 0.4) is 0 Å². The Balaban J connectivity index is 1.59. The first-order chi connectivity index (χ1) is 19.9. The number of carbonyl (C=O) groups excluding carboxylic acids is 2. The highest BCUT2D eigenvalue weighted by molar-refractivity contribution is 9.10. The maximum absolute atomic E-state index is 13.8. The van der Waals surface area contributed by atoms with Crippen molar-refractivity contribution in [3.05, 3.63) is 136 Å².